The summed E-state index contributed by atoms with van der Waals surface area (Å²) in [4.78, 5) is 12.0. The van der Waals surface area contributed by atoms with Crippen molar-refractivity contribution in [2.24, 2.45) is 35.5 Å². The number of unbranched alkanes of at least 4 members (excludes halogenated alkanes) is 2. The zero-order chi connectivity index (χ0) is 19.1. The number of carboxylic acids is 1. The normalized spacial score (nSPS) is 44.8. The fourth-order valence-corrected chi connectivity index (χ4v) is 6.49. The third-order valence-corrected chi connectivity index (χ3v) is 7.70. The van der Waals surface area contributed by atoms with Crippen LogP contribution in [0.4, 0.5) is 0 Å². The van der Waals surface area contributed by atoms with Gasteiger partial charge in [-0.1, -0.05) is 39.5 Å². The van der Waals surface area contributed by atoms with E-state index < -0.39 is 18.0 Å². The van der Waals surface area contributed by atoms with Gasteiger partial charge in [-0.3, -0.25) is 4.79 Å². The largest absolute Gasteiger partial charge is 0.481 e. The van der Waals surface area contributed by atoms with E-state index in [-0.39, 0.29) is 23.5 Å². The minimum absolute atomic E-state index is 0.00813. The molecule has 1 aliphatic heterocycles. The van der Waals surface area contributed by atoms with Gasteiger partial charge in [0.1, 0.15) is 0 Å². The van der Waals surface area contributed by atoms with E-state index in [2.05, 4.69) is 27.7 Å². The number of hydrogen-bond donors (Lipinski definition) is 2. The lowest BCUT2D eigenvalue weighted by Gasteiger charge is -2.59. The van der Waals surface area contributed by atoms with Crippen LogP contribution >= 0.6 is 0 Å². The number of aliphatic hydroxyl groups is 1. The first kappa shape index (κ1) is 20.1. The van der Waals surface area contributed by atoms with Crippen LogP contribution in [0.15, 0.2) is 0 Å². The predicted octanol–water partition coefficient (Wildman–Crippen LogP) is 4.49. The minimum atomic E-state index is -0.817. The van der Waals surface area contributed by atoms with Crippen molar-refractivity contribution in [3.63, 3.8) is 0 Å². The lowest BCUT2D eigenvalue weighted by molar-refractivity contribution is -0.252. The standard InChI is InChI=1S/C22H38O4/c1-5-6-7-8-14-12-17-19(20(23)18(14)21(24)25)15-11-13(2)9-10-16(15)22(3,4)26-17/h13-20,23H,5-12H2,1-4H3,(H,24,25). The van der Waals surface area contributed by atoms with Gasteiger partial charge in [-0.15, -0.1) is 0 Å². The van der Waals surface area contributed by atoms with Crippen molar-refractivity contribution in [2.45, 2.75) is 96.9 Å². The monoisotopic (exact) mass is 366 g/mol. The molecule has 0 spiro atoms. The lowest BCUT2D eigenvalue weighted by atomic mass is 9.55. The maximum Gasteiger partial charge on any atom is 0.309 e. The smallest absolute Gasteiger partial charge is 0.309 e. The number of aliphatic hydroxyl groups excluding tert-OH is 1. The first-order valence-electron chi connectivity index (χ1n) is 10.8. The molecule has 2 N–H and O–H groups in total. The van der Waals surface area contributed by atoms with E-state index in [0.29, 0.717) is 17.8 Å². The van der Waals surface area contributed by atoms with E-state index in [1.54, 1.807) is 0 Å². The van der Waals surface area contributed by atoms with Gasteiger partial charge in [-0.2, -0.15) is 0 Å². The second kappa shape index (κ2) is 7.79. The zero-order valence-corrected chi connectivity index (χ0v) is 17.0. The summed E-state index contributed by atoms with van der Waals surface area (Å²) in [5.41, 5.74) is -0.171. The molecule has 3 fully saturated rings. The molecule has 0 aromatic rings. The molecular formula is C22H38O4. The van der Waals surface area contributed by atoms with Crippen LogP contribution in [0.3, 0.4) is 0 Å². The maximum atomic E-state index is 12.0. The first-order valence-corrected chi connectivity index (χ1v) is 10.8. The Balaban J connectivity index is 1.85. The Morgan fingerprint density at radius 3 is 2.58 bits per heavy atom. The molecular weight excluding hydrogens is 328 g/mol. The molecule has 0 radical (unpaired) electrons. The molecule has 1 saturated heterocycles. The Bertz CT molecular complexity index is 502. The highest BCUT2D eigenvalue weighted by Gasteiger charge is 2.58. The van der Waals surface area contributed by atoms with Gasteiger partial charge in [-0.25, -0.2) is 0 Å². The number of carbonyl (C=O) groups is 1. The number of aliphatic carboxylic acids is 1. The van der Waals surface area contributed by atoms with E-state index in [1.165, 1.54) is 6.42 Å². The molecule has 4 heteroatoms. The van der Waals surface area contributed by atoms with Gasteiger partial charge in [0, 0.05) is 5.92 Å². The molecule has 150 valence electrons. The zero-order valence-electron chi connectivity index (χ0n) is 17.0. The summed E-state index contributed by atoms with van der Waals surface area (Å²) in [6.45, 7) is 8.87. The van der Waals surface area contributed by atoms with Gasteiger partial charge in [0.25, 0.3) is 0 Å². The Hall–Kier alpha value is -0.610. The molecule has 8 unspecified atom stereocenters. The summed E-state index contributed by atoms with van der Waals surface area (Å²) in [6, 6.07) is 0. The number of carboxylic acid groups (broad SMARTS) is 1. The van der Waals surface area contributed by atoms with Crippen LogP contribution < -0.4 is 0 Å². The Kier molecular flexibility index (Phi) is 6.03. The van der Waals surface area contributed by atoms with E-state index in [1.807, 2.05) is 0 Å². The summed E-state index contributed by atoms with van der Waals surface area (Å²) >= 11 is 0. The summed E-state index contributed by atoms with van der Waals surface area (Å²) in [5, 5.41) is 21.1. The van der Waals surface area contributed by atoms with Gasteiger partial charge < -0.3 is 14.9 Å². The fourth-order valence-electron chi connectivity index (χ4n) is 6.49. The summed E-state index contributed by atoms with van der Waals surface area (Å²) < 4.78 is 6.56. The molecule has 8 atom stereocenters. The predicted molar refractivity (Wildman–Crippen MR) is 102 cm³/mol. The number of ether oxygens (including phenoxy) is 1. The molecule has 0 amide bonds. The molecule has 1 heterocycles. The van der Waals surface area contributed by atoms with Crippen LogP contribution in [0, 0.1) is 35.5 Å². The number of rotatable bonds is 5. The van der Waals surface area contributed by atoms with Crippen molar-refractivity contribution in [1.29, 1.82) is 0 Å². The second-order valence-corrected chi connectivity index (χ2v) is 9.87. The first-order chi connectivity index (χ1) is 12.3. The SMILES string of the molecule is CCCCCC1CC2OC(C)(C)C3CCC(C)CC3C2C(O)C1C(=O)O. The van der Waals surface area contributed by atoms with E-state index in [0.717, 1.165) is 44.9 Å². The van der Waals surface area contributed by atoms with Crippen LogP contribution in [-0.4, -0.2) is 34.0 Å². The van der Waals surface area contributed by atoms with Gasteiger partial charge in [0.05, 0.1) is 23.7 Å². The highest BCUT2D eigenvalue weighted by atomic mass is 16.5. The average Bonchev–Trinajstić information content (AvgIpc) is 2.53. The molecule has 0 bridgehead atoms. The van der Waals surface area contributed by atoms with Crippen molar-refractivity contribution < 1.29 is 19.7 Å². The molecule has 2 saturated carbocycles. The van der Waals surface area contributed by atoms with Crippen molar-refractivity contribution in [1.82, 2.24) is 0 Å². The minimum Gasteiger partial charge on any atom is -0.481 e. The van der Waals surface area contributed by atoms with Crippen LogP contribution in [-0.2, 0) is 9.53 Å². The molecule has 0 aromatic carbocycles. The lowest BCUT2D eigenvalue weighted by Crippen LogP contribution is -2.62. The van der Waals surface area contributed by atoms with Crippen LogP contribution in [0.5, 0.6) is 0 Å². The quantitative estimate of drug-likeness (QED) is 0.703. The average molecular weight is 367 g/mol. The molecule has 4 nitrogen and oxygen atoms in total. The molecule has 3 aliphatic rings. The summed E-state index contributed by atoms with van der Waals surface area (Å²) in [7, 11) is 0. The van der Waals surface area contributed by atoms with Crippen molar-refractivity contribution in [3.8, 4) is 0 Å². The van der Waals surface area contributed by atoms with Gasteiger partial charge in [-0.05, 0) is 63.2 Å². The van der Waals surface area contributed by atoms with Crippen LogP contribution in [0.2, 0.25) is 0 Å². The van der Waals surface area contributed by atoms with Crippen LogP contribution in [0.25, 0.3) is 0 Å². The van der Waals surface area contributed by atoms with Gasteiger partial charge >= 0.3 is 5.97 Å². The second-order valence-electron chi connectivity index (χ2n) is 9.87. The summed E-state index contributed by atoms with van der Waals surface area (Å²) in [5.74, 6) is 0.0478. The maximum absolute atomic E-state index is 12.0. The summed E-state index contributed by atoms with van der Waals surface area (Å²) in [6.07, 6.45) is 7.66. The number of fused-ring (bicyclic) bond motifs is 3. The Morgan fingerprint density at radius 2 is 1.92 bits per heavy atom. The van der Waals surface area contributed by atoms with Crippen molar-refractivity contribution >= 4 is 5.97 Å². The van der Waals surface area contributed by atoms with Crippen molar-refractivity contribution in [3.05, 3.63) is 0 Å². The van der Waals surface area contributed by atoms with E-state index in [4.69, 9.17) is 4.74 Å². The molecule has 0 aromatic heterocycles. The number of hydrogen-bond acceptors (Lipinski definition) is 3. The molecule has 3 rings (SSSR count). The highest BCUT2D eigenvalue weighted by Crippen LogP contribution is 2.55. The third-order valence-electron chi connectivity index (χ3n) is 7.70. The highest BCUT2D eigenvalue weighted by molar-refractivity contribution is 5.71. The topological polar surface area (TPSA) is 66.8 Å². The Morgan fingerprint density at radius 1 is 1.19 bits per heavy atom. The van der Waals surface area contributed by atoms with Gasteiger partial charge in [0.2, 0.25) is 0 Å². The van der Waals surface area contributed by atoms with E-state index >= 15 is 0 Å². The molecule has 2 aliphatic carbocycles. The fraction of sp³-hybridized carbons (Fsp3) is 0.955. The van der Waals surface area contributed by atoms with Gasteiger partial charge in [0.15, 0.2) is 0 Å². The Labute approximate surface area is 158 Å². The van der Waals surface area contributed by atoms with Crippen molar-refractivity contribution in [2.75, 3.05) is 0 Å². The third kappa shape index (κ3) is 3.69. The van der Waals surface area contributed by atoms with Crippen LogP contribution in [0.1, 0.15) is 79.1 Å². The molecule has 26 heavy (non-hydrogen) atoms. The van der Waals surface area contributed by atoms with E-state index in [9.17, 15) is 15.0 Å².